The van der Waals surface area contributed by atoms with Crippen LogP contribution < -0.4 is 22.0 Å². The fourth-order valence-electron chi connectivity index (χ4n) is 1.16. The van der Waals surface area contributed by atoms with E-state index >= 15 is 0 Å². The van der Waals surface area contributed by atoms with Crippen LogP contribution >= 0.6 is 15.3 Å². The van der Waals surface area contributed by atoms with E-state index in [9.17, 15) is 9.13 Å². The van der Waals surface area contributed by atoms with Crippen LogP contribution in [-0.2, 0) is 31.4 Å². The molecule has 0 heterocycles. The predicted molar refractivity (Wildman–Crippen MR) is 68.0 cm³/mol. The Morgan fingerprint density at radius 2 is 1.28 bits per heavy atom. The summed E-state index contributed by atoms with van der Waals surface area (Å²) in [4.78, 5) is 0. The van der Waals surface area contributed by atoms with Crippen molar-refractivity contribution in [3.8, 4) is 0 Å². The van der Waals surface area contributed by atoms with Gasteiger partial charge < -0.3 is 9.05 Å². The Morgan fingerprint density at radius 3 is 1.61 bits per heavy atom. The van der Waals surface area contributed by atoms with Crippen molar-refractivity contribution >= 4 is 15.3 Å². The molecule has 1 aromatic carbocycles. The van der Waals surface area contributed by atoms with Crippen molar-refractivity contribution in [1.29, 1.82) is 0 Å². The second-order valence-electron chi connectivity index (χ2n) is 3.66. The molecular formula is C8H16N4O4P2. The van der Waals surface area contributed by atoms with Crippen LogP contribution in [-0.4, -0.2) is 0 Å². The van der Waals surface area contributed by atoms with E-state index in [1.807, 2.05) is 0 Å². The third kappa shape index (κ3) is 7.00. The lowest BCUT2D eigenvalue weighted by Gasteiger charge is -2.10. The third-order valence-electron chi connectivity index (χ3n) is 1.86. The molecule has 0 aliphatic heterocycles. The van der Waals surface area contributed by atoms with Gasteiger partial charge in [0.15, 0.2) is 0 Å². The Balaban J connectivity index is 2.62. The van der Waals surface area contributed by atoms with Crippen LogP contribution in [0.2, 0.25) is 0 Å². The summed E-state index contributed by atoms with van der Waals surface area (Å²) in [5.74, 6) is 0. The molecular weight excluding hydrogens is 278 g/mol. The summed E-state index contributed by atoms with van der Waals surface area (Å²) in [5.41, 5.74) is 21.6. The zero-order valence-corrected chi connectivity index (χ0v) is 11.3. The van der Waals surface area contributed by atoms with Gasteiger partial charge in [-0.05, 0) is 11.1 Å². The SMILES string of the molecule is NP(N)(=O)OCc1cccc(COP(N)(N)=O)c1. The average molecular weight is 294 g/mol. The highest BCUT2D eigenvalue weighted by Crippen LogP contribution is 2.29. The van der Waals surface area contributed by atoms with Gasteiger partial charge in [0, 0.05) is 0 Å². The molecule has 0 saturated heterocycles. The minimum Gasteiger partial charge on any atom is -0.302 e. The van der Waals surface area contributed by atoms with Gasteiger partial charge in [0.2, 0.25) is 0 Å². The fraction of sp³-hybridized carbons (Fsp3) is 0.250. The van der Waals surface area contributed by atoms with Crippen molar-refractivity contribution in [3.05, 3.63) is 35.4 Å². The van der Waals surface area contributed by atoms with Gasteiger partial charge in [-0.15, -0.1) is 0 Å². The van der Waals surface area contributed by atoms with Crippen LogP contribution in [0.15, 0.2) is 24.3 Å². The van der Waals surface area contributed by atoms with Gasteiger partial charge in [0.05, 0.1) is 13.2 Å². The molecule has 0 aliphatic carbocycles. The molecule has 0 saturated carbocycles. The molecule has 1 rings (SSSR count). The van der Waals surface area contributed by atoms with E-state index in [1.54, 1.807) is 24.3 Å². The lowest BCUT2D eigenvalue weighted by atomic mass is 10.1. The predicted octanol–water partition coefficient (Wildman–Crippen LogP) is 0.771. The molecule has 0 atom stereocenters. The van der Waals surface area contributed by atoms with E-state index in [-0.39, 0.29) is 13.2 Å². The molecule has 0 bridgehead atoms. The van der Waals surface area contributed by atoms with Crippen LogP contribution in [0.25, 0.3) is 0 Å². The smallest absolute Gasteiger partial charge is 0.302 e. The Hall–Kier alpha value is -0.560. The standard InChI is InChI=1S/C8H16N4O4P2/c9-17(10,13)15-5-7-2-1-3-8(4-7)6-16-18(11,12)14/h1-4H,5-6H2,(H4,9,10,13)(H4,11,12,14). The molecule has 0 unspecified atom stereocenters. The van der Waals surface area contributed by atoms with Crippen LogP contribution in [0.4, 0.5) is 0 Å². The third-order valence-corrected chi connectivity index (χ3v) is 2.92. The zero-order valence-electron chi connectivity index (χ0n) is 9.56. The van der Waals surface area contributed by atoms with Crippen molar-refractivity contribution in [2.45, 2.75) is 13.2 Å². The van der Waals surface area contributed by atoms with Gasteiger partial charge in [-0.2, -0.15) is 0 Å². The van der Waals surface area contributed by atoms with Crippen molar-refractivity contribution in [1.82, 2.24) is 0 Å². The lowest BCUT2D eigenvalue weighted by molar-refractivity contribution is 0.298. The second kappa shape index (κ2) is 6.06. The number of hydrogen-bond donors (Lipinski definition) is 4. The highest BCUT2D eigenvalue weighted by atomic mass is 31.2. The van der Waals surface area contributed by atoms with E-state index in [0.717, 1.165) is 0 Å². The summed E-state index contributed by atoms with van der Waals surface area (Å²) in [6.45, 7) is 0.00204. The van der Waals surface area contributed by atoms with Crippen molar-refractivity contribution < 1.29 is 18.2 Å². The first-order valence-electron chi connectivity index (χ1n) is 4.87. The number of rotatable bonds is 6. The molecule has 0 aromatic heterocycles. The number of benzene rings is 1. The van der Waals surface area contributed by atoms with E-state index in [1.165, 1.54) is 0 Å². The largest absolute Gasteiger partial charge is 0.335 e. The first kappa shape index (κ1) is 15.5. The van der Waals surface area contributed by atoms with Crippen molar-refractivity contribution in [2.75, 3.05) is 0 Å². The molecule has 8 N–H and O–H groups in total. The highest BCUT2D eigenvalue weighted by Gasteiger charge is 2.10. The molecule has 0 aliphatic rings. The Bertz CT molecular complexity index is 456. The summed E-state index contributed by atoms with van der Waals surface area (Å²) in [5, 5.41) is 0. The molecule has 102 valence electrons. The summed E-state index contributed by atoms with van der Waals surface area (Å²) < 4.78 is 31.5. The molecule has 1 aromatic rings. The minimum absolute atomic E-state index is 0.00102. The fourth-order valence-corrected chi connectivity index (χ4v) is 1.86. The van der Waals surface area contributed by atoms with Gasteiger partial charge in [0.1, 0.15) is 0 Å². The highest BCUT2D eigenvalue weighted by molar-refractivity contribution is 7.54. The molecule has 0 radical (unpaired) electrons. The van der Waals surface area contributed by atoms with Gasteiger partial charge in [-0.3, -0.25) is 9.13 Å². The van der Waals surface area contributed by atoms with Crippen LogP contribution in [0.5, 0.6) is 0 Å². The first-order chi connectivity index (χ1) is 8.16. The molecule has 8 nitrogen and oxygen atoms in total. The van der Waals surface area contributed by atoms with Gasteiger partial charge in [0.25, 0.3) is 0 Å². The minimum atomic E-state index is -3.50. The zero-order chi connectivity index (χ0) is 13.8. The van der Waals surface area contributed by atoms with E-state index in [4.69, 9.17) is 31.1 Å². The molecule has 10 heteroatoms. The lowest BCUT2D eigenvalue weighted by Crippen LogP contribution is -2.09. The van der Waals surface area contributed by atoms with Gasteiger partial charge in [-0.25, -0.2) is 22.0 Å². The number of hydrogen-bond acceptors (Lipinski definition) is 4. The molecule has 0 spiro atoms. The Labute approximate surface area is 105 Å². The monoisotopic (exact) mass is 294 g/mol. The number of nitrogens with two attached hydrogens (primary N) is 4. The topological polar surface area (TPSA) is 157 Å². The Kier molecular flexibility index (Phi) is 5.21. The van der Waals surface area contributed by atoms with Gasteiger partial charge in [-0.1, -0.05) is 24.3 Å². The summed E-state index contributed by atoms with van der Waals surface area (Å²) in [6, 6.07) is 6.85. The van der Waals surface area contributed by atoms with Crippen molar-refractivity contribution in [2.24, 2.45) is 22.0 Å². The summed E-state index contributed by atoms with van der Waals surface area (Å²) in [7, 11) is -7.01. The second-order valence-corrected chi connectivity index (χ2v) is 6.75. The maximum atomic E-state index is 11.0. The maximum absolute atomic E-state index is 11.0. The maximum Gasteiger partial charge on any atom is 0.335 e. The molecule has 18 heavy (non-hydrogen) atoms. The average Bonchev–Trinajstić information content (AvgIpc) is 2.22. The van der Waals surface area contributed by atoms with Crippen molar-refractivity contribution in [3.63, 3.8) is 0 Å². The first-order valence-corrected chi connectivity index (χ1v) is 8.40. The molecule has 0 amide bonds. The summed E-state index contributed by atoms with van der Waals surface area (Å²) in [6.07, 6.45) is 0. The van der Waals surface area contributed by atoms with Crippen LogP contribution in [0.3, 0.4) is 0 Å². The molecule has 0 fully saturated rings. The quantitative estimate of drug-likeness (QED) is 0.560. The van der Waals surface area contributed by atoms with E-state index in [2.05, 4.69) is 0 Å². The summed E-state index contributed by atoms with van der Waals surface area (Å²) >= 11 is 0. The van der Waals surface area contributed by atoms with Gasteiger partial charge >= 0.3 is 15.3 Å². The van der Waals surface area contributed by atoms with E-state index < -0.39 is 15.3 Å². The van der Waals surface area contributed by atoms with Crippen LogP contribution in [0, 0.1) is 0 Å². The van der Waals surface area contributed by atoms with Crippen LogP contribution in [0.1, 0.15) is 11.1 Å². The van der Waals surface area contributed by atoms with E-state index in [0.29, 0.717) is 11.1 Å². The normalized spacial score (nSPS) is 12.7. The Morgan fingerprint density at radius 1 is 0.889 bits per heavy atom.